The van der Waals surface area contributed by atoms with Crippen molar-refractivity contribution in [2.24, 2.45) is 0 Å². The number of hydrogen-bond acceptors (Lipinski definition) is 32. The number of sulfonamides is 4. The summed E-state index contributed by atoms with van der Waals surface area (Å²) in [7, 11) is -15.4. The highest BCUT2D eigenvalue weighted by atomic mass is 32.2. The molecule has 1 aliphatic carbocycles. The van der Waals surface area contributed by atoms with E-state index in [1.54, 1.807) is 19.6 Å². The fourth-order valence-corrected chi connectivity index (χ4v) is 21.5. The Balaban J connectivity index is 0.934. The highest BCUT2D eigenvalue weighted by Gasteiger charge is 2.45. The largest absolute Gasteiger partial charge is 0.493 e. The van der Waals surface area contributed by atoms with Crippen LogP contribution in [0.3, 0.4) is 0 Å². The van der Waals surface area contributed by atoms with E-state index >= 15 is 0 Å². The van der Waals surface area contributed by atoms with Crippen molar-refractivity contribution in [3.05, 3.63) is 117 Å². The lowest BCUT2D eigenvalue weighted by molar-refractivity contribution is -0.145. The average molecular weight is 1830 g/mol. The molecule has 8 bridgehead atoms. The van der Waals surface area contributed by atoms with E-state index < -0.39 is 164 Å². The molecule has 0 radical (unpaired) electrons. The Hall–Kier alpha value is -5.08. The fourth-order valence-electron chi connectivity index (χ4n) is 17.1. The number of benzene rings is 4. The average Bonchev–Trinajstić information content (AvgIpc) is 0.788. The first kappa shape index (κ1) is 103. The Kier molecular flexibility index (Phi) is 41.7. The Morgan fingerprint density at radius 3 is 0.629 bits per heavy atom. The van der Waals surface area contributed by atoms with Gasteiger partial charge in [-0.1, -0.05) is 98.5 Å². The number of nitrogens with one attached hydrogen (secondary N) is 4. The van der Waals surface area contributed by atoms with Gasteiger partial charge in [0, 0.05) is 78.0 Å². The number of hydrogen-bond donors (Lipinski definition) is 20. The summed E-state index contributed by atoms with van der Waals surface area (Å²) in [5, 5.41) is 163. The van der Waals surface area contributed by atoms with Crippen molar-refractivity contribution in [1.82, 2.24) is 38.5 Å². The molecule has 4 fully saturated rings. The topological polar surface area (TPSA) is 558 Å². The van der Waals surface area contributed by atoms with Crippen molar-refractivity contribution in [1.29, 1.82) is 0 Å². The van der Waals surface area contributed by atoms with Gasteiger partial charge >= 0.3 is 0 Å². The zero-order valence-corrected chi connectivity index (χ0v) is 74.0. The van der Waals surface area contributed by atoms with Crippen molar-refractivity contribution >= 4 is 40.1 Å². The second-order valence-corrected chi connectivity index (χ2v) is 41.1. The second-order valence-electron chi connectivity index (χ2n) is 33.4. The zero-order valence-electron chi connectivity index (χ0n) is 70.8. The van der Waals surface area contributed by atoms with Crippen LogP contribution in [0.4, 0.5) is 0 Å². The molecule has 5 aliphatic rings. The number of nitrogens with zero attached hydrogens (tertiary/aromatic N) is 4. The Bertz CT molecular complexity index is 3740. The predicted octanol–water partition coefficient (Wildman–Crippen LogP) is -3.17. The lowest BCUT2D eigenvalue weighted by Gasteiger charge is -2.43. The molecule has 704 valence electrons. The smallest absolute Gasteiger partial charge is 0.211 e. The quantitative estimate of drug-likeness (QED) is 0.0171. The number of unbranched alkanes of at least 4 members (excludes halogenated alkanes) is 8. The summed E-state index contributed by atoms with van der Waals surface area (Å²) in [6, 6.07) is 19.5. The lowest BCUT2D eigenvalue weighted by Crippen LogP contribution is -2.62. The number of rotatable bonds is 52. The number of β-amino-alcohol motifs (C(OH)–C–C–N with tert-alkyl or cyclic N) is 4. The molecule has 40 heteroatoms. The van der Waals surface area contributed by atoms with Crippen molar-refractivity contribution in [3.8, 4) is 23.0 Å². The van der Waals surface area contributed by atoms with E-state index in [0.29, 0.717) is 171 Å². The molecule has 124 heavy (non-hydrogen) atoms. The minimum atomic E-state index is -3.84. The van der Waals surface area contributed by atoms with Gasteiger partial charge in [0.1, 0.15) is 71.8 Å². The minimum absolute atomic E-state index is 0.0550. The van der Waals surface area contributed by atoms with Gasteiger partial charge in [-0.25, -0.2) is 52.6 Å². The molecule has 16 unspecified atom stereocenters. The molecule has 16 atom stereocenters. The summed E-state index contributed by atoms with van der Waals surface area (Å²) in [5.74, 6) is 0.571. The number of piperidine rings is 4. The van der Waals surface area contributed by atoms with E-state index in [2.05, 4.69) is 18.9 Å². The molecule has 4 saturated heterocycles. The third kappa shape index (κ3) is 30.5. The Morgan fingerprint density at radius 2 is 0.452 bits per heavy atom. The third-order valence-corrected chi connectivity index (χ3v) is 30.0. The maximum Gasteiger partial charge on any atom is 0.211 e. The van der Waals surface area contributed by atoms with Crippen LogP contribution in [0.2, 0.25) is 0 Å². The van der Waals surface area contributed by atoms with Gasteiger partial charge in [-0.05, 0) is 148 Å². The molecule has 0 aromatic heterocycles. The number of fused-ring (bicyclic) bond motifs is 8. The zero-order chi connectivity index (χ0) is 89.7. The van der Waals surface area contributed by atoms with Crippen LogP contribution in [0.25, 0.3) is 0 Å². The maximum atomic E-state index is 13.6. The van der Waals surface area contributed by atoms with Crippen molar-refractivity contribution < 1.29 is 134 Å². The van der Waals surface area contributed by atoms with Gasteiger partial charge in [-0.3, -0.25) is 19.6 Å². The number of likely N-dealkylation sites (tertiary alicyclic amines) is 4. The van der Waals surface area contributed by atoms with Crippen molar-refractivity contribution in [2.45, 2.75) is 226 Å². The van der Waals surface area contributed by atoms with Gasteiger partial charge in [0.25, 0.3) is 0 Å². The summed E-state index contributed by atoms with van der Waals surface area (Å²) in [5.41, 5.74) is 5.39. The van der Waals surface area contributed by atoms with Gasteiger partial charge in [0.2, 0.25) is 40.1 Å². The van der Waals surface area contributed by atoms with Crippen LogP contribution in [0.15, 0.2) is 72.8 Å². The highest BCUT2D eigenvalue weighted by Crippen LogP contribution is 2.40. The molecule has 4 aliphatic heterocycles. The van der Waals surface area contributed by atoms with E-state index in [1.165, 1.54) is 0 Å². The molecule has 9 rings (SSSR count). The molecule has 4 heterocycles. The monoisotopic (exact) mass is 1830 g/mol. The predicted molar refractivity (Wildman–Crippen MR) is 462 cm³/mol. The maximum absolute atomic E-state index is 13.6. The summed E-state index contributed by atoms with van der Waals surface area (Å²) in [4.78, 5) is 6.84. The SMILES string of the molecule is O=S(=O)(CCCOc1c2cccc1Cc1cccc(c1OCCCS(=O)(=O)NCCCCCN1CC(O)C(O)C(O)C1CO)Cc1cccc(c1OCCCS(=O)(=O)NCCCCCN1CC(O)C(O)C(O)C1CO)Cc1cccc(c1OCCCS(=O)(=O)NCCCCCN1CC(O)C(O)C(O)C1CO)C2)NCCCCCN1CC(O)C(O)C(O)C1CO. The first-order chi connectivity index (χ1) is 59.3. The summed E-state index contributed by atoms with van der Waals surface area (Å²) in [6.07, 6.45) is -8.40. The van der Waals surface area contributed by atoms with Gasteiger partial charge in [-0.15, -0.1) is 0 Å². The molecule has 4 aromatic rings. The van der Waals surface area contributed by atoms with Gasteiger partial charge in [0.05, 0.1) is 124 Å². The molecule has 4 aromatic carbocycles. The summed E-state index contributed by atoms with van der Waals surface area (Å²) < 4.78 is 147. The fraction of sp³-hybridized carbons (Fsp3) is 0.714. The van der Waals surface area contributed by atoms with E-state index in [0.717, 1.165) is 0 Å². The Labute approximate surface area is 729 Å². The van der Waals surface area contributed by atoms with Crippen LogP contribution in [-0.2, 0) is 65.8 Å². The standard InChI is InChI=1S/C84H136N8O28S4/c93-53-65-73(101)77(105)69(97)49-89(65)33-9-1-5-29-85-121(109,110)41-17-37-117-81-57-21-13-22-58(81)46-60-24-15-26-62(83(60)119-39-19-43-123(113,114)87-31-7-3-11-35-91-51-71(99)79(107)75(103)67(91)55-95)48-64-28-16-27-63(84(64)120-40-20-44-124(115,116)88-32-8-4-12-36-92-52-72(100)80(108)76(104)68(92)56-96)47-61-25-14-23-59(45-57)82(61)118-38-18-42-122(111,112)86-30-6-2-10-34-90-50-70(98)78(106)74(102)66(90)54-94/h13-16,21-28,65-80,85-88,93-108H,1-12,17-20,29-56H2. The van der Waals surface area contributed by atoms with Gasteiger partial charge in [0.15, 0.2) is 0 Å². The van der Waals surface area contributed by atoms with Crippen molar-refractivity contribution in [2.75, 3.05) is 154 Å². The van der Waals surface area contributed by atoms with Crippen LogP contribution in [0, 0.1) is 0 Å². The number of aliphatic hydroxyl groups is 16. The number of para-hydroxylation sites is 4. The molecule has 0 saturated carbocycles. The Morgan fingerprint density at radius 1 is 0.266 bits per heavy atom. The molecule has 0 spiro atoms. The van der Waals surface area contributed by atoms with Gasteiger partial charge < -0.3 is 101 Å². The molecular formula is C84H136N8O28S4. The summed E-state index contributed by atoms with van der Waals surface area (Å²) >= 11 is 0. The third-order valence-electron chi connectivity index (χ3n) is 24.1. The highest BCUT2D eigenvalue weighted by molar-refractivity contribution is 7.90. The van der Waals surface area contributed by atoms with E-state index in [9.17, 15) is 115 Å². The normalized spacial score (nSPS) is 25.9. The van der Waals surface area contributed by atoms with Crippen molar-refractivity contribution in [3.63, 3.8) is 0 Å². The molecule has 20 N–H and O–H groups in total. The van der Waals surface area contributed by atoms with E-state index in [4.69, 9.17) is 18.9 Å². The molecular weight excluding hydrogens is 1700 g/mol. The van der Waals surface area contributed by atoms with Gasteiger partial charge in [-0.2, -0.15) is 0 Å². The van der Waals surface area contributed by atoms with E-state index in [1.807, 2.05) is 72.8 Å². The number of aliphatic hydroxyl groups excluding tert-OH is 16. The lowest BCUT2D eigenvalue weighted by atomic mass is 9.91. The minimum Gasteiger partial charge on any atom is -0.493 e. The first-order valence-electron chi connectivity index (χ1n) is 43.7. The molecule has 36 nitrogen and oxygen atoms in total. The van der Waals surface area contributed by atoms with Crippen LogP contribution >= 0.6 is 0 Å². The van der Waals surface area contributed by atoms with Crippen LogP contribution in [0.5, 0.6) is 23.0 Å². The molecule has 0 amide bonds. The summed E-state index contributed by atoms with van der Waals surface area (Å²) in [6.45, 7) is 0.346. The number of ether oxygens (including phenoxy) is 4. The van der Waals surface area contributed by atoms with Crippen LogP contribution in [0.1, 0.15) is 147 Å². The first-order valence-corrected chi connectivity index (χ1v) is 50.3. The van der Waals surface area contributed by atoms with E-state index in [-0.39, 0.29) is 153 Å². The van der Waals surface area contributed by atoms with Crippen LogP contribution in [-0.4, -0.2) is 387 Å². The van der Waals surface area contributed by atoms with Crippen LogP contribution < -0.4 is 37.8 Å². The second kappa shape index (κ2) is 50.4.